The molecule has 0 aliphatic rings. The van der Waals surface area contributed by atoms with Gasteiger partial charge in [0.15, 0.2) is 5.78 Å². The van der Waals surface area contributed by atoms with Crippen molar-refractivity contribution in [2.24, 2.45) is 0 Å². The quantitative estimate of drug-likeness (QED) is 0.705. The lowest BCUT2D eigenvalue weighted by atomic mass is 9.87. The molecule has 2 nitrogen and oxygen atoms in total. The van der Waals surface area contributed by atoms with Gasteiger partial charge in [-0.05, 0) is 38.0 Å². The SMILES string of the molecule is CCOC(CC)(CC)C(=O)c1ccc(Cl)c(Cl)c1. The standard InChI is InChI=1S/C14H18Cl2O2/c1-4-14(5-2,18-6-3)13(17)10-7-8-11(15)12(16)9-10/h7-9H,4-6H2,1-3H3. The summed E-state index contributed by atoms with van der Waals surface area (Å²) in [6, 6.07) is 4.93. The average Bonchev–Trinajstić information content (AvgIpc) is 2.38. The van der Waals surface area contributed by atoms with Gasteiger partial charge in [-0.2, -0.15) is 0 Å². The molecule has 0 aliphatic carbocycles. The van der Waals surface area contributed by atoms with E-state index in [0.29, 0.717) is 35.1 Å². The van der Waals surface area contributed by atoms with Crippen molar-refractivity contribution in [2.45, 2.75) is 39.2 Å². The molecule has 0 amide bonds. The lowest BCUT2D eigenvalue weighted by Gasteiger charge is -2.30. The molecule has 0 radical (unpaired) electrons. The summed E-state index contributed by atoms with van der Waals surface area (Å²) >= 11 is 11.8. The second-order valence-corrected chi connectivity index (χ2v) is 4.91. The molecule has 4 heteroatoms. The third kappa shape index (κ3) is 3.05. The Morgan fingerprint density at radius 1 is 1.17 bits per heavy atom. The largest absolute Gasteiger partial charge is 0.367 e. The van der Waals surface area contributed by atoms with Crippen LogP contribution in [0.2, 0.25) is 10.0 Å². The van der Waals surface area contributed by atoms with Crippen molar-refractivity contribution >= 4 is 29.0 Å². The van der Waals surface area contributed by atoms with Gasteiger partial charge < -0.3 is 4.74 Å². The summed E-state index contributed by atoms with van der Waals surface area (Å²) in [5.41, 5.74) is -0.215. The molecule has 0 bridgehead atoms. The second kappa shape index (κ2) is 6.55. The first kappa shape index (κ1) is 15.5. The van der Waals surface area contributed by atoms with Crippen LogP contribution < -0.4 is 0 Å². The van der Waals surface area contributed by atoms with Crippen molar-refractivity contribution in [1.82, 2.24) is 0 Å². The third-order valence-corrected chi connectivity index (χ3v) is 3.90. The molecule has 0 aromatic heterocycles. The van der Waals surface area contributed by atoms with E-state index in [1.54, 1.807) is 18.2 Å². The number of benzene rings is 1. The molecule has 0 heterocycles. The number of carbonyl (C=O) groups is 1. The maximum Gasteiger partial charge on any atom is 0.194 e. The van der Waals surface area contributed by atoms with E-state index in [9.17, 15) is 4.79 Å². The normalized spacial score (nSPS) is 11.6. The fraction of sp³-hybridized carbons (Fsp3) is 0.500. The van der Waals surface area contributed by atoms with Gasteiger partial charge in [-0.25, -0.2) is 0 Å². The van der Waals surface area contributed by atoms with Gasteiger partial charge in [0.05, 0.1) is 10.0 Å². The van der Waals surface area contributed by atoms with Crippen LogP contribution in [0.1, 0.15) is 44.0 Å². The van der Waals surface area contributed by atoms with Crippen LogP contribution in [0, 0.1) is 0 Å². The highest BCUT2D eigenvalue weighted by Gasteiger charge is 2.36. The number of rotatable bonds is 6. The molecule has 0 unspecified atom stereocenters. The van der Waals surface area contributed by atoms with Crippen molar-refractivity contribution in [2.75, 3.05) is 6.61 Å². The van der Waals surface area contributed by atoms with E-state index in [2.05, 4.69) is 0 Å². The first-order valence-electron chi connectivity index (χ1n) is 6.14. The Bertz CT molecular complexity index is 426. The van der Waals surface area contributed by atoms with Crippen molar-refractivity contribution in [3.8, 4) is 0 Å². The smallest absolute Gasteiger partial charge is 0.194 e. The molecule has 0 atom stereocenters. The zero-order valence-corrected chi connectivity index (χ0v) is 12.4. The van der Waals surface area contributed by atoms with Gasteiger partial charge in [0.2, 0.25) is 0 Å². The summed E-state index contributed by atoms with van der Waals surface area (Å²) in [6.45, 7) is 6.31. The van der Waals surface area contributed by atoms with Gasteiger partial charge >= 0.3 is 0 Å². The van der Waals surface area contributed by atoms with Crippen LogP contribution in [0.5, 0.6) is 0 Å². The molecular weight excluding hydrogens is 271 g/mol. The van der Waals surface area contributed by atoms with E-state index >= 15 is 0 Å². The average molecular weight is 289 g/mol. The van der Waals surface area contributed by atoms with Crippen LogP contribution in [-0.4, -0.2) is 18.0 Å². The van der Waals surface area contributed by atoms with Gasteiger partial charge in [-0.1, -0.05) is 37.0 Å². The van der Waals surface area contributed by atoms with Crippen molar-refractivity contribution in [1.29, 1.82) is 0 Å². The summed E-state index contributed by atoms with van der Waals surface area (Å²) in [7, 11) is 0. The van der Waals surface area contributed by atoms with Gasteiger partial charge in [-0.3, -0.25) is 4.79 Å². The van der Waals surface area contributed by atoms with E-state index in [-0.39, 0.29) is 5.78 Å². The number of ketones is 1. The molecule has 0 aliphatic heterocycles. The lowest BCUT2D eigenvalue weighted by Crippen LogP contribution is -2.40. The second-order valence-electron chi connectivity index (χ2n) is 4.09. The van der Waals surface area contributed by atoms with Crippen LogP contribution in [0.3, 0.4) is 0 Å². The van der Waals surface area contributed by atoms with Gasteiger partial charge in [-0.15, -0.1) is 0 Å². The summed E-state index contributed by atoms with van der Waals surface area (Å²) in [5, 5.41) is 0.836. The Kier molecular flexibility index (Phi) is 5.64. The highest BCUT2D eigenvalue weighted by atomic mass is 35.5. The summed E-state index contributed by atoms with van der Waals surface area (Å²) in [6.07, 6.45) is 1.27. The minimum Gasteiger partial charge on any atom is -0.367 e. The zero-order valence-electron chi connectivity index (χ0n) is 10.9. The maximum absolute atomic E-state index is 12.6. The highest BCUT2D eigenvalue weighted by molar-refractivity contribution is 6.42. The predicted octanol–water partition coefficient (Wildman–Crippen LogP) is 4.77. The van der Waals surface area contributed by atoms with Crippen molar-refractivity contribution in [3.05, 3.63) is 33.8 Å². The molecule has 1 rings (SSSR count). The summed E-state index contributed by atoms with van der Waals surface area (Å²) < 4.78 is 5.69. The molecule has 1 aromatic rings. The fourth-order valence-electron chi connectivity index (χ4n) is 2.02. The molecule has 100 valence electrons. The van der Waals surface area contributed by atoms with Crippen LogP contribution in [0.4, 0.5) is 0 Å². The minimum absolute atomic E-state index is 0.0343. The highest BCUT2D eigenvalue weighted by Crippen LogP contribution is 2.29. The lowest BCUT2D eigenvalue weighted by molar-refractivity contribution is -0.0250. The van der Waals surface area contributed by atoms with Crippen LogP contribution in [0.15, 0.2) is 18.2 Å². The molecule has 0 N–H and O–H groups in total. The molecular formula is C14H18Cl2O2. The number of hydrogen-bond donors (Lipinski definition) is 0. The van der Waals surface area contributed by atoms with Gasteiger partial charge in [0, 0.05) is 12.2 Å². The van der Waals surface area contributed by atoms with Crippen LogP contribution in [0.25, 0.3) is 0 Å². The predicted molar refractivity (Wildman–Crippen MR) is 75.7 cm³/mol. The number of hydrogen-bond acceptors (Lipinski definition) is 2. The Morgan fingerprint density at radius 2 is 1.78 bits per heavy atom. The number of Topliss-reactive ketones (excluding diaryl/α,β-unsaturated/α-hetero) is 1. The van der Waals surface area contributed by atoms with E-state index in [1.165, 1.54) is 0 Å². The zero-order chi connectivity index (χ0) is 13.8. The van der Waals surface area contributed by atoms with Crippen LogP contribution >= 0.6 is 23.2 Å². The molecule has 0 fully saturated rings. The maximum atomic E-state index is 12.6. The van der Waals surface area contributed by atoms with E-state index < -0.39 is 5.60 Å². The molecule has 0 spiro atoms. The minimum atomic E-state index is -0.758. The topological polar surface area (TPSA) is 26.3 Å². The Labute approximate surface area is 118 Å². The number of ether oxygens (including phenoxy) is 1. The summed E-state index contributed by atoms with van der Waals surface area (Å²) in [5.74, 6) is -0.0343. The Hall–Kier alpha value is -0.570. The van der Waals surface area contributed by atoms with Crippen molar-refractivity contribution in [3.63, 3.8) is 0 Å². The first-order valence-corrected chi connectivity index (χ1v) is 6.90. The first-order chi connectivity index (χ1) is 8.50. The third-order valence-electron chi connectivity index (χ3n) is 3.16. The van der Waals surface area contributed by atoms with Gasteiger partial charge in [0.1, 0.15) is 5.60 Å². The molecule has 1 aromatic carbocycles. The van der Waals surface area contributed by atoms with Crippen LogP contribution in [-0.2, 0) is 4.74 Å². The molecule has 0 saturated carbocycles. The molecule has 0 saturated heterocycles. The number of halogens is 2. The summed E-state index contributed by atoms with van der Waals surface area (Å²) in [4.78, 5) is 12.6. The Morgan fingerprint density at radius 3 is 2.22 bits per heavy atom. The Balaban J connectivity index is 3.13. The molecule has 18 heavy (non-hydrogen) atoms. The van der Waals surface area contributed by atoms with E-state index in [0.717, 1.165) is 0 Å². The monoisotopic (exact) mass is 288 g/mol. The fourth-order valence-corrected chi connectivity index (χ4v) is 2.32. The van der Waals surface area contributed by atoms with E-state index in [4.69, 9.17) is 27.9 Å². The van der Waals surface area contributed by atoms with E-state index in [1.807, 2.05) is 20.8 Å². The number of carbonyl (C=O) groups excluding carboxylic acids is 1. The van der Waals surface area contributed by atoms with Crippen molar-refractivity contribution < 1.29 is 9.53 Å². The van der Waals surface area contributed by atoms with Gasteiger partial charge in [0.25, 0.3) is 0 Å².